The lowest BCUT2D eigenvalue weighted by molar-refractivity contribution is -0.130. The zero-order valence-corrected chi connectivity index (χ0v) is 13.2. The highest BCUT2D eigenvalue weighted by atomic mass is 16.5. The van der Waals surface area contributed by atoms with E-state index in [2.05, 4.69) is 26.5 Å². The van der Waals surface area contributed by atoms with Gasteiger partial charge < -0.3 is 14.9 Å². The largest absolute Gasteiger partial charge is 0.495 e. The third-order valence-electron chi connectivity index (χ3n) is 6.66. The van der Waals surface area contributed by atoms with Crippen molar-refractivity contribution in [3.63, 3.8) is 0 Å². The molecule has 3 aliphatic carbocycles. The van der Waals surface area contributed by atoms with Crippen LogP contribution in [0.1, 0.15) is 46.0 Å². The fraction of sp³-hybridized carbons (Fsp3) is 0.778. The van der Waals surface area contributed by atoms with Crippen LogP contribution in [0.4, 0.5) is 0 Å². The molecule has 3 nitrogen and oxygen atoms in total. The minimum atomic E-state index is -0.389. The summed E-state index contributed by atoms with van der Waals surface area (Å²) in [4.78, 5) is 0. The van der Waals surface area contributed by atoms with Crippen LogP contribution in [0.5, 0.6) is 0 Å². The van der Waals surface area contributed by atoms with Crippen molar-refractivity contribution in [3.8, 4) is 0 Å². The van der Waals surface area contributed by atoms with Crippen LogP contribution in [0.3, 0.4) is 0 Å². The maximum Gasteiger partial charge on any atom is 0.117 e. The maximum atomic E-state index is 10.4. The van der Waals surface area contributed by atoms with Gasteiger partial charge in [0.1, 0.15) is 6.10 Å². The van der Waals surface area contributed by atoms with Gasteiger partial charge >= 0.3 is 0 Å². The Morgan fingerprint density at radius 3 is 2.81 bits per heavy atom. The third-order valence-corrected chi connectivity index (χ3v) is 6.66. The Kier molecular flexibility index (Phi) is 3.69. The molecule has 0 aromatic carbocycles. The molecule has 0 saturated heterocycles. The number of aliphatic hydroxyl groups is 2. The number of aliphatic hydroxyl groups excluding tert-OH is 2. The van der Waals surface area contributed by atoms with E-state index in [1.54, 1.807) is 6.26 Å². The normalized spacial score (nSPS) is 49.0. The van der Waals surface area contributed by atoms with Gasteiger partial charge in [0.05, 0.1) is 19.0 Å². The molecule has 0 bridgehead atoms. The quantitative estimate of drug-likeness (QED) is 0.621. The summed E-state index contributed by atoms with van der Waals surface area (Å²) >= 11 is 0. The zero-order chi connectivity index (χ0) is 15.3. The minimum absolute atomic E-state index is 0.0684. The van der Waals surface area contributed by atoms with Crippen molar-refractivity contribution < 1.29 is 14.9 Å². The van der Waals surface area contributed by atoms with Crippen molar-refractivity contribution in [2.24, 2.45) is 22.7 Å². The molecule has 0 radical (unpaired) electrons. The number of allylic oxidation sites excluding steroid dienone is 1. The summed E-state index contributed by atoms with van der Waals surface area (Å²) in [5, 5.41) is 20.4. The van der Waals surface area contributed by atoms with Gasteiger partial charge in [-0.05, 0) is 55.4 Å². The third kappa shape index (κ3) is 2.08. The molecule has 0 heterocycles. The summed E-state index contributed by atoms with van der Waals surface area (Å²) in [6.07, 6.45) is 8.69. The second kappa shape index (κ2) is 5.13. The van der Waals surface area contributed by atoms with E-state index in [0.29, 0.717) is 11.8 Å². The van der Waals surface area contributed by atoms with Crippen molar-refractivity contribution in [1.82, 2.24) is 0 Å². The first-order valence-electron chi connectivity index (χ1n) is 8.23. The van der Waals surface area contributed by atoms with E-state index in [0.717, 1.165) is 32.1 Å². The molecular formula is C18H28O3. The van der Waals surface area contributed by atoms with E-state index in [1.807, 2.05) is 0 Å². The summed E-state index contributed by atoms with van der Waals surface area (Å²) in [5.41, 5.74) is 1.23. The molecule has 6 atom stereocenters. The zero-order valence-electron chi connectivity index (χ0n) is 13.2. The SMILES string of the molecule is C=CO[C@H]1C=C2[C@@H](CC[C@H]3[C@](C)(CO)[C@H](O)CC[C@]23C)C1. The monoisotopic (exact) mass is 292 g/mol. The van der Waals surface area contributed by atoms with Gasteiger partial charge in [0.2, 0.25) is 0 Å². The molecule has 3 rings (SSSR count). The number of rotatable bonds is 3. The van der Waals surface area contributed by atoms with E-state index in [9.17, 15) is 10.2 Å². The van der Waals surface area contributed by atoms with Gasteiger partial charge in [0.25, 0.3) is 0 Å². The Labute approximate surface area is 127 Å². The van der Waals surface area contributed by atoms with Crippen molar-refractivity contribution in [1.29, 1.82) is 0 Å². The average Bonchev–Trinajstić information content (AvgIpc) is 2.88. The lowest BCUT2D eigenvalue weighted by Crippen LogP contribution is -2.55. The summed E-state index contributed by atoms with van der Waals surface area (Å²) in [7, 11) is 0. The molecule has 2 fully saturated rings. The Balaban J connectivity index is 1.95. The molecule has 2 saturated carbocycles. The van der Waals surface area contributed by atoms with Crippen LogP contribution >= 0.6 is 0 Å². The van der Waals surface area contributed by atoms with Crippen molar-refractivity contribution in [3.05, 3.63) is 24.5 Å². The first kappa shape index (κ1) is 15.1. The van der Waals surface area contributed by atoms with Crippen LogP contribution in [-0.2, 0) is 4.74 Å². The Morgan fingerprint density at radius 2 is 2.14 bits per heavy atom. The van der Waals surface area contributed by atoms with Crippen LogP contribution in [0.15, 0.2) is 24.5 Å². The van der Waals surface area contributed by atoms with Crippen LogP contribution in [0.25, 0.3) is 0 Å². The van der Waals surface area contributed by atoms with E-state index in [-0.39, 0.29) is 29.6 Å². The molecule has 3 heteroatoms. The predicted molar refractivity (Wildman–Crippen MR) is 82.5 cm³/mol. The highest BCUT2D eigenvalue weighted by Crippen LogP contribution is 2.62. The molecule has 118 valence electrons. The van der Waals surface area contributed by atoms with Crippen LogP contribution in [0, 0.1) is 22.7 Å². The van der Waals surface area contributed by atoms with Crippen molar-refractivity contribution in [2.45, 2.75) is 58.2 Å². The lowest BCUT2D eigenvalue weighted by Gasteiger charge is -2.58. The predicted octanol–water partition coefficient (Wildman–Crippen LogP) is 3.03. The molecule has 0 aromatic rings. The first-order valence-corrected chi connectivity index (χ1v) is 8.23. The molecule has 3 aliphatic rings. The molecule has 0 unspecified atom stereocenters. The average molecular weight is 292 g/mol. The second-order valence-electron chi connectivity index (χ2n) is 7.66. The van der Waals surface area contributed by atoms with Gasteiger partial charge in [-0.15, -0.1) is 0 Å². The standard InChI is InChI=1S/C18H28O3/c1-4-21-13-9-12-5-6-15-17(2,14(12)10-13)8-7-16(20)18(15,3)11-19/h4,10,12-13,15-16,19-20H,1,5-9,11H2,2-3H3/t12-,13+,15+,16+,17+,18-/m0/s1. The second-order valence-corrected chi connectivity index (χ2v) is 7.66. The van der Waals surface area contributed by atoms with Gasteiger partial charge in [-0.1, -0.05) is 26.0 Å². The summed E-state index contributed by atoms with van der Waals surface area (Å²) in [6, 6.07) is 0. The van der Waals surface area contributed by atoms with E-state index in [1.165, 1.54) is 5.57 Å². The van der Waals surface area contributed by atoms with E-state index in [4.69, 9.17) is 4.74 Å². The van der Waals surface area contributed by atoms with Crippen LogP contribution in [0.2, 0.25) is 0 Å². The molecule has 0 aromatic heterocycles. The molecule has 0 spiro atoms. The molecule has 0 aliphatic heterocycles. The van der Waals surface area contributed by atoms with E-state index < -0.39 is 0 Å². The van der Waals surface area contributed by atoms with Gasteiger partial charge in [0.15, 0.2) is 0 Å². The van der Waals surface area contributed by atoms with E-state index >= 15 is 0 Å². The lowest BCUT2D eigenvalue weighted by atomic mass is 9.48. The fourth-order valence-electron chi connectivity index (χ4n) is 5.44. The minimum Gasteiger partial charge on any atom is -0.495 e. The smallest absolute Gasteiger partial charge is 0.117 e. The van der Waals surface area contributed by atoms with Crippen molar-refractivity contribution >= 4 is 0 Å². The topological polar surface area (TPSA) is 49.7 Å². The number of fused-ring (bicyclic) bond motifs is 3. The van der Waals surface area contributed by atoms with Crippen LogP contribution < -0.4 is 0 Å². The highest BCUT2D eigenvalue weighted by molar-refractivity contribution is 5.30. The number of ether oxygens (including phenoxy) is 1. The van der Waals surface area contributed by atoms with Gasteiger partial charge in [0, 0.05) is 5.41 Å². The maximum absolute atomic E-state index is 10.4. The number of hydrogen-bond acceptors (Lipinski definition) is 3. The van der Waals surface area contributed by atoms with Gasteiger partial charge in [-0.3, -0.25) is 0 Å². The Morgan fingerprint density at radius 1 is 1.38 bits per heavy atom. The summed E-state index contributed by atoms with van der Waals surface area (Å²) in [6.45, 7) is 8.14. The summed E-state index contributed by atoms with van der Waals surface area (Å²) < 4.78 is 5.61. The molecule has 21 heavy (non-hydrogen) atoms. The van der Waals surface area contributed by atoms with Gasteiger partial charge in [-0.25, -0.2) is 0 Å². The molecule has 2 N–H and O–H groups in total. The molecule has 0 amide bonds. The highest BCUT2D eigenvalue weighted by Gasteiger charge is 2.58. The van der Waals surface area contributed by atoms with Crippen molar-refractivity contribution in [2.75, 3.05) is 6.61 Å². The first-order chi connectivity index (χ1) is 9.95. The summed E-state index contributed by atoms with van der Waals surface area (Å²) in [5.74, 6) is 0.957. The fourth-order valence-corrected chi connectivity index (χ4v) is 5.44. The van der Waals surface area contributed by atoms with Gasteiger partial charge in [-0.2, -0.15) is 0 Å². The number of hydrogen-bond donors (Lipinski definition) is 2. The Hall–Kier alpha value is -0.800. The molecular weight excluding hydrogens is 264 g/mol. The van der Waals surface area contributed by atoms with Crippen LogP contribution in [-0.4, -0.2) is 29.0 Å². The Bertz CT molecular complexity index is 457.